The summed E-state index contributed by atoms with van der Waals surface area (Å²) in [7, 11) is 0. The van der Waals surface area contributed by atoms with E-state index in [2.05, 4.69) is 53.8 Å². The Hall–Kier alpha value is -0.940. The van der Waals surface area contributed by atoms with Gasteiger partial charge in [0.2, 0.25) is 0 Å². The van der Waals surface area contributed by atoms with Crippen molar-refractivity contribution < 1.29 is 9.18 Å². The van der Waals surface area contributed by atoms with Crippen molar-refractivity contribution in [1.82, 2.24) is 10.2 Å². The number of nitrogens with one attached hydrogen (secondary N) is 1. The van der Waals surface area contributed by atoms with E-state index in [1.165, 1.54) is 12.1 Å². The minimum atomic E-state index is -0.421. The fourth-order valence-corrected chi connectivity index (χ4v) is 2.66. The highest BCUT2D eigenvalue weighted by Crippen LogP contribution is 2.14. The van der Waals surface area contributed by atoms with Crippen molar-refractivity contribution in [3.05, 3.63) is 34.1 Å². The largest absolute Gasteiger partial charge is 0.351 e. The third kappa shape index (κ3) is 5.21. The molecule has 0 heterocycles. The van der Waals surface area contributed by atoms with Crippen LogP contribution in [-0.4, -0.2) is 36.0 Å². The summed E-state index contributed by atoms with van der Waals surface area (Å²) in [6.07, 6.45) is 0. The van der Waals surface area contributed by atoms with Crippen molar-refractivity contribution in [2.24, 2.45) is 0 Å². The first-order chi connectivity index (χ1) is 9.31. The Morgan fingerprint density at radius 1 is 1.25 bits per heavy atom. The molecule has 0 saturated carbocycles. The van der Waals surface area contributed by atoms with E-state index >= 15 is 0 Å². The van der Waals surface area contributed by atoms with Crippen LogP contribution in [0.15, 0.2) is 22.7 Å². The second-order valence-electron chi connectivity index (χ2n) is 5.34. The molecule has 0 fully saturated rings. The number of halogens is 2. The highest BCUT2D eigenvalue weighted by molar-refractivity contribution is 9.10. The highest BCUT2D eigenvalue weighted by Gasteiger charge is 2.14. The van der Waals surface area contributed by atoms with E-state index in [0.29, 0.717) is 28.7 Å². The molecule has 20 heavy (non-hydrogen) atoms. The molecule has 0 aliphatic rings. The molecule has 5 heteroatoms. The predicted octanol–water partition coefficient (Wildman–Crippen LogP) is 3.44. The van der Waals surface area contributed by atoms with E-state index in [1.54, 1.807) is 6.07 Å². The summed E-state index contributed by atoms with van der Waals surface area (Å²) in [6.45, 7) is 9.84. The normalized spacial score (nSPS) is 11.4. The SMILES string of the molecule is CC(C)N(CCNC(=O)c1cc(F)cc(Br)c1)C(C)C. The maximum Gasteiger partial charge on any atom is 0.251 e. The number of benzene rings is 1. The summed E-state index contributed by atoms with van der Waals surface area (Å²) in [4.78, 5) is 14.2. The van der Waals surface area contributed by atoms with E-state index in [9.17, 15) is 9.18 Å². The molecule has 0 bridgehead atoms. The standard InChI is InChI=1S/C15H22BrFN2O/c1-10(2)19(11(3)4)6-5-18-15(20)12-7-13(16)9-14(17)8-12/h7-11H,5-6H2,1-4H3,(H,18,20). The fourth-order valence-electron chi connectivity index (χ4n) is 2.20. The van der Waals surface area contributed by atoms with E-state index in [1.807, 2.05) is 0 Å². The van der Waals surface area contributed by atoms with Gasteiger partial charge in [0.1, 0.15) is 5.82 Å². The van der Waals surface area contributed by atoms with Crippen molar-refractivity contribution in [2.75, 3.05) is 13.1 Å². The Labute approximate surface area is 128 Å². The van der Waals surface area contributed by atoms with Gasteiger partial charge in [-0.15, -0.1) is 0 Å². The van der Waals surface area contributed by atoms with Crippen molar-refractivity contribution in [3.8, 4) is 0 Å². The highest BCUT2D eigenvalue weighted by atomic mass is 79.9. The molecule has 0 aliphatic carbocycles. The van der Waals surface area contributed by atoms with E-state index < -0.39 is 5.82 Å². The third-order valence-electron chi connectivity index (χ3n) is 3.11. The molecule has 1 amide bonds. The lowest BCUT2D eigenvalue weighted by Crippen LogP contribution is -2.42. The summed E-state index contributed by atoms with van der Waals surface area (Å²) in [5.74, 6) is -0.673. The van der Waals surface area contributed by atoms with E-state index in [4.69, 9.17) is 0 Å². The minimum Gasteiger partial charge on any atom is -0.351 e. The second-order valence-corrected chi connectivity index (χ2v) is 6.26. The lowest BCUT2D eigenvalue weighted by Gasteiger charge is -2.30. The molecule has 3 nitrogen and oxygen atoms in total. The molecule has 0 radical (unpaired) electrons. The zero-order valence-corrected chi connectivity index (χ0v) is 14.0. The fraction of sp³-hybridized carbons (Fsp3) is 0.533. The number of hydrogen-bond acceptors (Lipinski definition) is 2. The van der Waals surface area contributed by atoms with E-state index in [0.717, 1.165) is 6.54 Å². The average molecular weight is 345 g/mol. The summed E-state index contributed by atoms with van der Waals surface area (Å²) in [5, 5.41) is 2.83. The van der Waals surface area contributed by atoms with Crippen LogP contribution in [0.2, 0.25) is 0 Å². The van der Waals surface area contributed by atoms with Crippen LogP contribution >= 0.6 is 15.9 Å². The molecular formula is C15H22BrFN2O. The van der Waals surface area contributed by atoms with Crippen LogP contribution in [0, 0.1) is 5.82 Å². The topological polar surface area (TPSA) is 32.3 Å². The molecule has 1 rings (SSSR count). The maximum atomic E-state index is 13.2. The Morgan fingerprint density at radius 3 is 2.35 bits per heavy atom. The van der Waals surface area contributed by atoms with Crippen molar-refractivity contribution in [2.45, 2.75) is 39.8 Å². The number of amides is 1. The average Bonchev–Trinajstić information content (AvgIpc) is 2.32. The first-order valence-electron chi connectivity index (χ1n) is 6.81. The summed E-state index contributed by atoms with van der Waals surface area (Å²) in [5.41, 5.74) is 0.331. The number of hydrogen-bond donors (Lipinski definition) is 1. The van der Waals surface area contributed by atoms with Crippen LogP contribution in [0.25, 0.3) is 0 Å². The van der Waals surface area contributed by atoms with Crippen LogP contribution in [0.4, 0.5) is 4.39 Å². The Morgan fingerprint density at radius 2 is 1.85 bits per heavy atom. The predicted molar refractivity (Wildman–Crippen MR) is 83.4 cm³/mol. The molecule has 1 N–H and O–H groups in total. The van der Waals surface area contributed by atoms with Crippen LogP contribution in [0.1, 0.15) is 38.1 Å². The number of carbonyl (C=O) groups is 1. The molecule has 0 saturated heterocycles. The summed E-state index contributed by atoms with van der Waals surface area (Å²) in [6, 6.07) is 5.03. The zero-order valence-electron chi connectivity index (χ0n) is 12.4. The smallest absolute Gasteiger partial charge is 0.251 e. The lowest BCUT2D eigenvalue weighted by atomic mass is 10.2. The van der Waals surface area contributed by atoms with Crippen molar-refractivity contribution in [1.29, 1.82) is 0 Å². The molecular weight excluding hydrogens is 323 g/mol. The lowest BCUT2D eigenvalue weighted by molar-refractivity contribution is 0.0939. The zero-order chi connectivity index (χ0) is 15.3. The Bertz CT molecular complexity index is 435. The Balaban J connectivity index is 2.55. The van der Waals surface area contributed by atoms with Crippen LogP contribution < -0.4 is 5.32 Å². The van der Waals surface area contributed by atoms with Crippen molar-refractivity contribution >= 4 is 21.8 Å². The molecule has 112 valence electrons. The van der Waals surface area contributed by atoms with Gasteiger partial charge in [0, 0.05) is 35.2 Å². The van der Waals surface area contributed by atoms with Gasteiger partial charge in [-0.1, -0.05) is 15.9 Å². The molecule has 1 aromatic rings. The van der Waals surface area contributed by atoms with Gasteiger partial charge in [0.15, 0.2) is 0 Å². The van der Waals surface area contributed by atoms with Gasteiger partial charge in [-0.05, 0) is 45.9 Å². The first-order valence-corrected chi connectivity index (χ1v) is 7.60. The monoisotopic (exact) mass is 344 g/mol. The quantitative estimate of drug-likeness (QED) is 0.857. The van der Waals surface area contributed by atoms with Crippen molar-refractivity contribution in [3.63, 3.8) is 0 Å². The number of nitrogens with zero attached hydrogens (tertiary/aromatic N) is 1. The van der Waals surface area contributed by atoms with Crippen LogP contribution in [0.3, 0.4) is 0 Å². The number of rotatable bonds is 6. The van der Waals surface area contributed by atoms with Gasteiger partial charge < -0.3 is 5.32 Å². The summed E-state index contributed by atoms with van der Waals surface area (Å²) >= 11 is 3.18. The molecule has 0 unspecified atom stereocenters. The maximum absolute atomic E-state index is 13.2. The third-order valence-corrected chi connectivity index (χ3v) is 3.56. The molecule has 1 aromatic carbocycles. The Kier molecular flexibility index (Phi) is 6.62. The van der Waals surface area contributed by atoms with Gasteiger partial charge >= 0.3 is 0 Å². The summed E-state index contributed by atoms with van der Waals surface area (Å²) < 4.78 is 13.8. The molecule has 0 spiro atoms. The van der Waals surface area contributed by atoms with Crippen LogP contribution in [-0.2, 0) is 0 Å². The number of carbonyl (C=O) groups excluding carboxylic acids is 1. The molecule has 0 atom stereocenters. The van der Waals surface area contributed by atoms with Gasteiger partial charge in [-0.3, -0.25) is 9.69 Å². The second kappa shape index (κ2) is 7.74. The molecule has 0 aliphatic heterocycles. The van der Waals surface area contributed by atoms with E-state index in [-0.39, 0.29) is 5.91 Å². The van der Waals surface area contributed by atoms with Gasteiger partial charge in [-0.25, -0.2) is 4.39 Å². The van der Waals surface area contributed by atoms with Gasteiger partial charge in [0.05, 0.1) is 0 Å². The van der Waals surface area contributed by atoms with Gasteiger partial charge in [-0.2, -0.15) is 0 Å². The molecule has 0 aromatic heterocycles. The van der Waals surface area contributed by atoms with Crippen LogP contribution in [0.5, 0.6) is 0 Å². The first kappa shape index (κ1) is 17.1. The minimum absolute atomic E-state index is 0.252. The van der Waals surface area contributed by atoms with Gasteiger partial charge in [0.25, 0.3) is 5.91 Å².